The van der Waals surface area contributed by atoms with Crippen molar-refractivity contribution < 1.29 is 23.5 Å². The van der Waals surface area contributed by atoms with E-state index in [0.29, 0.717) is 18.3 Å². The summed E-state index contributed by atoms with van der Waals surface area (Å²) >= 11 is 0. The fourth-order valence-corrected chi connectivity index (χ4v) is 6.42. The lowest BCUT2D eigenvalue weighted by Crippen LogP contribution is -2.64. The van der Waals surface area contributed by atoms with Crippen molar-refractivity contribution in [3.63, 3.8) is 0 Å². The van der Waals surface area contributed by atoms with Crippen LogP contribution >= 0.6 is 0 Å². The van der Waals surface area contributed by atoms with Gasteiger partial charge in [0.2, 0.25) is 5.91 Å². The predicted molar refractivity (Wildman–Crippen MR) is 108 cm³/mol. The van der Waals surface area contributed by atoms with Crippen molar-refractivity contribution >= 4 is 17.8 Å². The van der Waals surface area contributed by atoms with Gasteiger partial charge in [0, 0.05) is 12.5 Å². The standard InChI is InChI=1S/C23H29FN2O4/c1-14(18-3-5-19(24)6-4-18)25-20(28)12-30-21(29)22-8-16-7-17(9-22)11-23(10-16,13-22)26-15(2)27/h3-6,14,16-17H,7-13H2,1-2H3,(H,25,28)(H,26,27). The van der Waals surface area contributed by atoms with E-state index in [1.807, 2.05) is 0 Å². The number of benzene rings is 1. The quantitative estimate of drug-likeness (QED) is 0.698. The summed E-state index contributed by atoms with van der Waals surface area (Å²) in [5.74, 6) is -0.276. The molecule has 162 valence electrons. The number of amides is 2. The van der Waals surface area contributed by atoms with Gasteiger partial charge in [0.25, 0.3) is 5.91 Å². The molecule has 5 rings (SSSR count). The average Bonchev–Trinajstić information content (AvgIpc) is 2.64. The second kappa shape index (κ2) is 7.67. The van der Waals surface area contributed by atoms with Crippen LogP contribution in [0, 0.1) is 23.1 Å². The van der Waals surface area contributed by atoms with Crippen LogP contribution in [0.3, 0.4) is 0 Å². The topological polar surface area (TPSA) is 84.5 Å². The summed E-state index contributed by atoms with van der Waals surface area (Å²) in [4.78, 5) is 37.1. The second-order valence-corrected chi connectivity index (χ2v) is 9.62. The van der Waals surface area contributed by atoms with E-state index in [-0.39, 0.29) is 41.8 Å². The minimum absolute atomic E-state index is 0.0605. The minimum Gasteiger partial charge on any atom is -0.455 e. The molecule has 2 amide bonds. The van der Waals surface area contributed by atoms with Crippen molar-refractivity contribution in [3.8, 4) is 0 Å². The minimum atomic E-state index is -0.602. The van der Waals surface area contributed by atoms with Crippen LogP contribution in [0.4, 0.5) is 4.39 Å². The maximum atomic E-state index is 13.1. The van der Waals surface area contributed by atoms with E-state index in [2.05, 4.69) is 10.6 Å². The van der Waals surface area contributed by atoms with Crippen molar-refractivity contribution in [3.05, 3.63) is 35.6 Å². The highest BCUT2D eigenvalue weighted by Gasteiger charge is 2.61. The molecular weight excluding hydrogens is 387 g/mol. The molecule has 0 aliphatic heterocycles. The third-order valence-electron chi connectivity index (χ3n) is 7.02. The lowest BCUT2D eigenvalue weighted by Gasteiger charge is -2.60. The number of rotatable bonds is 6. The van der Waals surface area contributed by atoms with Gasteiger partial charge in [0.15, 0.2) is 6.61 Å². The molecule has 4 fully saturated rings. The van der Waals surface area contributed by atoms with Crippen molar-refractivity contribution in [1.29, 1.82) is 0 Å². The number of ether oxygens (including phenoxy) is 1. The van der Waals surface area contributed by atoms with E-state index in [1.54, 1.807) is 19.1 Å². The second-order valence-electron chi connectivity index (χ2n) is 9.62. The summed E-state index contributed by atoms with van der Waals surface area (Å²) in [5, 5.41) is 5.91. The fourth-order valence-electron chi connectivity index (χ4n) is 6.42. The molecule has 2 N–H and O–H groups in total. The van der Waals surface area contributed by atoms with Crippen LogP contribution in [0.2, 0.25) is 0 Å². The van der Waals surface area contributed by atoms with Gasteiger partial charge < -0.3 is 15.4 Å². The van der Waals surface area contributed by atoms with Crippen LogP contribution in [0.1, 0.15) is 64.0 Å². The summed E-state index contributed by atoms with van der Waals surface area (Å²) in [5.41, 5.74) is -0.140. The first-order valence-electron chi connectivity index (χ1n) is 10.7. The Bertz CT molecular complexity index is 839. The maximum absolute atomic E-state index is 13.1. The summed E-state index contributed by atoms with van der Waals surface area (Å²) in [6.45, 7) is 2.98. The molecule has 0 spiro atoms. The Morgan fingerprint density at radius 1 is 1.13 bits per heavy atom. The highest BCUT2D eigenvalue weighted by molar-refractivity contribution is 5.83. The summed E-state index contributed by atoms with van der Waals surface area (Å²) in [6.07, 6.45) is 5.10. The van der Waals surface area contributed by atoms with Gasteiger partial charge in [0.05, 0.1) is 11.5 Å². The Kier molecular flexibility index (Phi) is 5.32. The number of carbonyl (C=O) groups excluding carboxylic acids is 3. The van der Waals surface area contributed by atoms with Gasteiger partial charge in [-0.1, -0.05) is 12.1 Å². The van der Waals surface area contributed by atoms with E-state index in [1.165, 1.54) is 19.1 Å². The third-order valence-corrected chi connectivity index (χ3v) is 7.02. The monoisotopic (exact) mass is 416 g/mol. The maximum Gasteiger partial charge on any atom is 0.312 e. The van der Waals surface area contributed by atoms with Crippen LogP contribution in [0.25, 0.3) is 0 Å². The Morgan fingerprint density at radius 3 is 2.37 bits per heavy atom. The Balaban J connectivity index is 1.36. The molecule has 7 heteroatoms. The number of nitrogens with one attached hydrogen (secondary N) is 2. The zero-order valence-electron chi connectivity index (χ0n) is 17.5. The van der Waals surface area contributed by atoms with Crippen LogP contribution < -0.4 is 10.6 Å². The van der Waals surface area contributed by atoms with Crippen molar-refractivity contribution in [2.75, 3.05) is 6.61 Å². The molecule has 0 saturated heterocycles. The molecule has 1 aromatic rings. The van der Waals surface area contributed by atoms with E-state index >= 15 is 0 Å². The molecule has 6 nitrogen and oxygen atoms in total. The van der Waals surface area contributed by atoms with Crippen molar-refractivity contribution in [2.24, 2.45) is 17.3 Å². The van der Waals surface area contributed by atoms with Gasteiger partial charge in [-0.15, -0.1) is 0 Å². The van der Waals surface area contributed by atoms with Crippen molar-refractivity contribution in [1.82, 2.24) is 10.6 Å². The van der Waals surface area contributed by atoms with Gasteiger partial charge in [-0.05, 0) is 75.0 Å². The molecule has 1 aromatic carbocycles. The van der Waals surface area contributed by atoms with E-state index in [0.717, 1.165) is 37.7 Å². The number of esters is 1. The third kappa shape index (κ3) is 4.07. The molecule has 3 unspecified atom stereocenters. The van der Waals surface area contributed by atoms with Gasteiger partial charge in [-0.3, -0.25) is 14.4 Å². The lowest BCUT2D eigenvalue weighted by atomic mass is 9.47. The Labute approximate surface area is 175 Å². The summed E-state index contributed by atoms with van der Waals surface area (Å²) in [7, 11) is 0. The van der Waals surface area contributed by atoms with Crippen LogP contribution in [0.15, 0.2) is 24.3 Å². The van der Waals surface area contributed by atoms with Crippen LogP contribution in [-0.4, -0.2) is 29.9 Å². The molecule has 0 heterocycles. The number of halogens is 1. The van der Waals surface area contributed by atoms with E-state index < -0.39 is 5.41 Å². The molecule has 4 saturated carbocycles. The zero-order chi connectivity index (χ0) is 21.5. The highest BCUT2D eigenvalue weighted by atomic mass is 19.1. The van der Waals surface area contributed by atoms with Crippen LogP contribution in [0.5, 0.6) is 0 Å². The van der Waals surface area contributed by atoms with Crippen molar-refractivity contribution in [2.45, 2.75) is 64.0 Å². The molecule has 0 aromatic heterocycles. The SMILES string of the molecule is CC(=O)NC12CC3CC(C1)CC(C(=O)OCC(=O)NC(C)c1ccc(F)cc1)(C3)C2. The van der Waals surface area contributed by atoms with Gasteiger partial charge in [-0.25, -0.2) is 4.39 Å². The van der Waals surface area contributed by atoms with Crippen LogP contribution in [-0.2, 0) is 19.1 Å². The molecule has 0 radical (unpaired) electrons. The number of hydrogen-bond donors (Lipinski definition) is 2. The molecule has 3 atom stereocenters. The Hall–Kier alpha value is -2.44. The lowest BCUT2D eigenvalue weighted by molar-refractivity contribution is -0.177. The average molecular weight is 416 g/mol. The Morgan fingerprint density at radius 2 is 1.77 bits per heavy atom. The van der Waals surface area contributed by atoms with Gasteiger partial charge in [-0.2, -0.15) is 0 Å². The number of hydrogen-bond acceptors (Lipinski definition) is 4. The zero-order valence-corrected chi connectivity index (χ0v) is 17.5. The van der Waals surface area contributed by atoms with E-state index in [4.69, 9.17) is 4.74 Å². The highest BCUT2D eigenvalue weighted by Crippen LogP contribution is 2.62. The molecule has 4 bridgehead atoms. The van der Waals surface area contributed by atoms with Gasteiger partial charge in [0.1, 0.15) is 5.82 Å². The number of carbonyl (C=O) groups is 3. The normalized spacial score (nSPS) is 32.4. The largest absolute Gasteiger partial charge is 0.455 e. The summed E-state index contributed by atoms with van der Waals surface area (Å²) in [6, 6.07) is 5.60. The molecule has 4 aliphatic rings. The first kappa shape index (κ1) is 20.8. The molecular formula is C23H29FN2O4. The summed E-state index contributed by atoms with van der Waals surface area (Å²) < 4.78 is 18.5. The smallest absolute Gasteiger partial charge is 0.312 e. The first-order chi connectivity index (χ1) is 14.2. The van der Waals surface area contributed by atoms with E-state index in [9.17, 15) is 18.8 Å². The predicted octanol–water partition coefficient (Wildman–Crippen LogP) is 3.02. The first-order valence-corrected chi connectivity index (χ1v) is 10.7. The van der Waals surface area contributed by atoms with Gasteiger partial charge >= 0.3 is 5.97 Å². The fraction of sp³-hybridized carbons (Fsp3) is 0.609. The molecule has 4 aliphatic carbocycles. The molecule has 30 heavy (non-hydrogen) atoms.